The van der Waals surface area contributed by atoms with Crippen LogP contribution in [0.4, 0.5) is 0 Å². The molecule has 25 heavy (non-hydrogen) atoms. The first kappa shape index (κ1) is 19.0. The van der Waals surface area contributed by atoms with Gasteiger partial charge in [-0.25, -0.2) is 4.99 Å². The number of hydrogen-bond acceptors (Lipinski definition) is 3. The van der Waals surface area contributed by atoms with Gasteiger partial charge in [-0.1, -0.05) is 30.3 Å². The Morgan fingerprint density at radius 2 is 2.00 bits per heavy atom. The van der Waals surface area contributed by atoms with Gasteiger partial charge in [-0.3, -0.25) is 4.68 Å². The second-order valence-electron chi connectivity index (χ2n) is 5.70. The van der Waals surface area contributed by atoms with E-state index in [2.05, 4.69) is 46.0 Å². The quantitative estimate of drug-likeness (QED) is 0.395. The highest BCUT2D eigenvalue weighted by molar-refractivity contribution is 5.79. The summed E-state index contributed by atoms with van der Waals surface area (Å²) in [5.41, 5.74) is 2.34. The monoisotopic (exact) mass is 343 g/mol. The Labute approximate surface area is 150 Å². The molecule has 0 saturated carbocycles. The SMILES string of the molecule is CCNC(=NCc1cnn(Cc2ccccc2)c1)NCCCOCC. The van der Waals surface area contributed by atoms with E-state index in [4.69, 9.17) is 4.74 Å². The molecule has 1 heterocycles. The van der Waals surface area contributed by atoms with Gasteiger partial charge in [0.25, 0.3) is 0 Å². The Balaban J connectivity index is 1.83. The first-order valence-corrected chi connectivity index (χ1v) is 8.97. The van der Waals surface area contributed by atoms with Crippen molar-refractivity contribution in [3.8, 4) is 0 Å². The second-order valence-corrected chi connectivity index (χ2v) is 5.70. The van der Waals surface area contributed by atoms with E-state index in [9.17, 15) is 0 Å². The predicted molar refractivity (Wildman–Crippen MR) is 102 cm³/mol. The van der Waals surface area contributed by atoms with Gasteiger partial charge < -0.3 is 15.4 Å². The van der Waals surface area contributed by atoms with Crippen molar-refractivity contribution in [1.29, 1.82) is 0 Å². The van der Waals surface area contributed by atoms with Crippen molar-refractivity contribution < 1.29 is 4.74 Å². The van der Waals surface area contributed by atoms with E-state index in [1.807, 2.05) is 36.0 Å². The molecule has 0 aliphatic heterocycles. The van der Waals surface area contributed by atoms with Crippen LogP contribution >= 0.6 is 0 Å². The summed E-state index contributed by atoms with van der Waals surface area (Å²) in [5.74, 6) is 0.829. The minimum Gasteiger partial charge on any atom is -0.382 e. The zero-order valence-electron chi connectivity index (χ0n) is 15.2. The van der Waals surface area contributed by atoms with E-state index >= 15 is 0 Å². The van der Waals surface area contributed by atoms with E-state index < -0.39 is 0 Å². The molecule has 0 amide bonds. The van der Waals surface area contributed by atoms with E-state index in [-0.39, 0.29) is 0 Å². The third-order valence-corrected chi connectivity index (χ3v) is 3.60. The molecule has 0 fully saturated rings. The van der Waals surface area contributed by atoms with Crippen LogP contribution in [0.3, 0.4) is 0 Å². The minimum absolute atomic E-state index is 0.607. The van der Waals surface area contributed by atoms with Crippen molar-refractivity contribution in [2.75, 3.05) is 26.3 Å². The standard InChI is InChI=1S/C19H29N5O/c1-3-20-19(21-11-8-12-25-4-2)22-13-18-14-23-24(16-18)15-17-9-6-5-7-10-17/h5-7,9-10,14,16H,3-4,8,11-13,15H2,1-2H3,(H2,20,21,22). The molecule has 0 spiro atoms. The topological polar surface area (TPSA) is 63.5 Å². The number of nitrogens with one attached hydrogen (secondary N) is 2. The largest absolute Gasteiger partial charge is 0.382 e. The van der Waals surface area contributed by atoms with Gasteiger partial charge in [0, 0.05) is 38.1 Å². The fourth-order valence-corrected chi connectivity index (χ4v) is 2.38. The van der Waals surface area contributed by atoms with Crippen LogP contribution in [0.2, 0.25) is 0 Å². The fraction of sp³-hybridized carbons (Fsp3) is 0.474. The highest BCUT2D eigenvalue weighted by atomic mass is 16.5. The van der Waals surface area contributed by atoms with Gasteiger partial charge >= 0.3 is 0 Å². The van der Waals surface area contributed by atoms with E-state index in [0.717, 1.165) is 50.8 Å². The summed E-state index contributed by atoms with van der Waals surface area (Å²) >= 11 is 0. The number of ether oxygens (including phenoxy) is 1. The molecule has 0 bridgehead atoms. The van der Waals surface area contributed by atoms with Crippen molar-refractivity contribution in [2.45, 2.75) is 33.4 Å². The number of benzene rings is 1. The minimum atomic E-state index is 0.607. The summed E-state index contributed by atoms with van der Waals surface area (Å²) in [6.07, 6.45) is 4.90. The number of nitrogens with zero attached hydrogens (tertiary/aromatic N) is 3. The number of aromatic nitrogens is 2. The third-order valence-electron chi connectivity index (χ3n) is 3.60. The van der Waals surface area contributed by atoms with Gasteiger partial charge in [-0.2, -0.15) is 5.10 Å². The van der Waals surface area contributed by atoms with Gasteiger partial charge in [0.15, 0.2) is 5.96 Å². The Kier molecular flexibility index (Phi) is 8.55. The Morgan fingerprint density at radius 3 is 2.76 bits per heavy atom. The zero-order chi connectivity index (χ0) is 17.7. The van der Waals surface area contributed by atoms with E-state index in [1.54, 1.807) is 0 Å². The molecule has 1 aromatic heterocycles. The van der Waals surface area contributed by atoms with Crippen molar-refractivity contribution in [3.63, 3.8) is 0 Å². The highest BCUT2D eigenvalue weighted by Gasteiger charge is 2.01. The maximum absolute atomic E-state index is 5.34. The molecule has 2 rings (SSSR count). The maximum atomic E-state index is 5.34. The third kappa shape index (κ3) is 7.39. The molecule has 136 valence electrons. The van der Waals surface area contributed by atoms with Crippen molar-refractivity contribution in [3.05, 3.63) is 53.9 Å². The zero-order valence-corrected chi connectivity index (χ0v) is 15.2. The number of guanidine groups is 1. The fourth-order valence-electron chi connectivity index (χ4n) is 2.38. The van der Waals surface area contributed by atoms with Gasteiger partial charge in [0.05, 0.1) is 19.3 Å². The molecule has 6 nitrogen and oxygen atoms in total. The van der Waals surface area contributed by atoms with Crippen molar-refractivity contribution in [2.24, 2.45) is 4.99 Å². The molecule has 6 heteroatoms. The van der Waals surface area contributed by atoms with Crippen LogP contribution in [0.5, 0.6) is 0 Å². The summed E-state index contributed by atoms with van der Waals surface area (Å²) in [6.45, 7) is 8.68. The lowest BCUT2D eigenvalue weighted by atomic mass is 10.2. The lowest BCUT2D eigenvalue weighted by Crippen LogP contribution is -2.38. The summed E-state index contributed by atoms with van der Waals surface area (Å²) in [4.78, 5) is 4.62. The van der Waals surface area contributed by atoms with Crippen LogP contribution in [0, 0.1) is 0 Å². The van der Waals surface area contributed by atoms with Crippen LogP contribution in [-0.4, -0.2) is 42.0 Å². The first-order chi connectivity index (χ1) is 12.3. The molecule has 0 atom stereocenters. The van der Waals surface area contributed by atoms with Crippen LogP contribution in [0.15, 0.2) is 47.7 Å². The Bertz CT molecular complexity index is 624. The number of hydrogen-bond donors (Lipinski definition) is 2. The average molecular weight is 343 g/mol. The molecule has 0 aliphatic carbocycles. The lowest BCUT2D eigenvalue weighted by molar-refractivity contribution is 0.145. The van der Waals surface area contributed by atoms with Crippen LogP contribution in [-0.2, 0) is 17.8 Å². The molecule has 2 aromatic rings. The normalized spacial score (nSPS) is 11.5. The molecular weight excluding hydrogens is 314 g/mol. The number of aliphatic imine (C=N–C) groups is 1. The smallest absolute Gasteiger partial charge is 0.191 e. The molecule has 0 saturated heterocycles. The van der Waals surface area contributed by atoms with Gasteiger partial charge in [0.2, 0.25) is 0 Å². The average Bonchev–Trinajstić information content (AvgIpc) is 3.07. The molecule has 0 unspecified atom stereocenters. The Morgan fingerprint density at radius 1 is 1.16 bits per heavy atom. The molecular formula is C19H29N5O. The lowest BCUT2D eigenvalue weighted by Gasteiger charge is -2.10. The molecule has 0 aliphatic rings. The molecule has 0 radical (unpaired) electrons. The van der Waals surface area contributed by atoms with Gasteiger partial charge in [-0.05, 0) is 25.8 Å². The molecule has 1 aromatic carbocycles. The van der Waals surface area contributed by atoms with Crippen LogP contribution in [0.1, 0.15) is 31.4 Å². The van der Waals surface area contributed by atoms with Crippen LogP contribution < -0.4 is 10.6 Å². The predicted octanol–water partition coefficient (Wildman–Crippen LogP) is 2.41. The van der Waals surface area contributed by atoms with Crippen molar-refractivity contribution in [1.82, 2.24) is 20.4 Å². The highest BCUT2D eigenvalue weighted by Crippen LogP contribution is 2.05. The maximum Gasteiger partial charge on any atom is 0.191 e. The van der Waals surface area contributed by atoms with Crippen molar-refractivity contribution >= 4 is 5.96 Å². The summed E-state index contributed by atoms with van der Waals surface area (Å²) in [6, 6.07) is 10.3. The molecule has 2 N–H and O–H groups in total. The van der Waals surface area contributed by atoms with Gasteiger partial charge in [-0.15, -0.1) is 0 Å². The summed E-state index contributed by atoms with van der Waals surface area (Å²) in [5, 5.41) is 11.0. The van der Waals surface area contributed by atoms with E-state index in [1.165, 1.54) is 5.56 Å². The first-order valence-electron chi connectivity index (χ1n) is 8.97. The number of rotatable bonds is 10. The Hall–Kier alpha value is -2.34. The van der Waals surface area contributed by atoms with Gasteiger partial charge in [0.1, 0.15) is 0 Å². The van der Waals surface area contributed by atoms with Crippen LogP contribution in [0.25, 0.3) is 0 Å². The van der Waals surface area contributed by atoms with E-state index in [0.29, 0.717) is 6.54 Å². The summed E-state index contributed by atoms with van der Waals surface area (Å²) < 4.78 is 7.29. The summed E-state index contributed by atoms with van der Waals surface area (Å²) in [7, 11) is 0. The second kappa shape index (κ2) is 11.3.